The van der Waals surface area contributed by atoms with Crippen LogP contribution in [0.25, 0.3) is 0 Å². The van der Waals surface area contributed by atoms with E-state index in [-0.39, 0.29) is 41.6 Å². The third kappa shape index (κ3) is 3.58. The van der Waals surface area contributed by atoms with Crippen molar-refractivity contribution in [3.63, 3.8) is 0 Å². The van der Waals surface area contributed by atoms with E-state index in [1.165, 1.54) is 7.11 Å². The Balaban J connectivity index is 1.86. The second-order valence-electron chi connectivity index (χ2n) is 6.99. The first-order valence-electron chi connectivity index (χ1n) is 8.28. The summed E-state index contributed by atoms with van der Waals surface area (Å²) in [7, 11) is 1.37. The topological polar surface area (TPSA) is 65.1 Å². The maximum atomic E-state index is 12.3. The first kappa shape index (κ1) is 18.0. The second kappa shape index (κ2) is 6.85. The Kier molecular flexibility index (Phi) is 5.14. The summed E-state index contributed by atoms with van der Waals surface area (Å²) in [6.45, 7) is 2.03. The van der Waals surface area contributed by atoms with Crippen molar-refractivity contribution >= 4 is 35.1 Å². The number of carbonyl (C=O) groups excluding carboxylic acids is 2. The lowest BCUT2D eigenvalue weighted by Gasteiger charge is -2.23. The minimum atomic E-state index is -0.624. The summed E-state index contributed by atoms with van der Waals surface area (Å²) in [6, 6.07) is 0. The van der Waals surface area contributed by atoms with Crippen molar-refractivity contribution in [2.45, 2.75) is 61.7 Å². The molecule has 24 heavy (non-hydrogen) atoms. The van der Waals surface area contributed by atoms with E-state index >= 15 is 0 Å². The highest BCUT2D eigenvalue weighted by molar-refractivity contribution is 6.44. The molecule has 0 aromatic carbocycles. The average molecular weight is 377 g/mol. The standard InChI is InChI=1S/C17H22Cl2O5/c1-17-8-12-10(11(7-14(18)19)16(21)23-12)5-3-9(15(20)22-2)4-6-13(17)24-17/h3,10-14H,4-8H2,1-2H3/b9-3+/t10-,11-,12+,13+,17-/m1/s1. The first-order valence-corrected chi connectivity index (χ1v) is 9.15. The summed E-state index contributed by atoms with van der Waals surface area (Å²) < 4.78 is 16.3. The lowest BCUT2D eigenvalue weighted by molar-refractivity contribution is -0.145. The fourth-order valence-electron chi connectivity index (χ4n) is 3.95. The number of alkyl halides is 2. The molecule has 0 unspecified atom stereocenters. The van der Waals surface area contributed by atoms with Gasteiger partial charge in [-0.05, 0) is 32.6 Å². The van der Waals surface area contributed by atoms with Gasteiger partial charge in [0.05, 0.1) is 24.7 Å². The van der Waals surface area contributed by atoms with Gasteiger partial charge in [-0.1, -0.05) is 6.08 Å². The normalized spacial score (nSPS) is 40.9. The highest BCUT2D eigenvalue weighted by Crippen LogP contribution is 2.49. The van der Waals surface area contributed by atoms with E-state index in [1.54, 1.807) is 0 Å². The Bertz CT molecular complexity index is 561. The van der Waals surface area contributed by atoms with E-state index in [9.17, 15) is 9.59 Å². The number of fused-ring (bicyclic) bond motifs is 2. The zero-order chi connectivity index (χ0) is 17.5. The lowest BCUT2D eigenvalue weighted by Crippen LogP contribution is -2.28. The fourth-order valence-corrected chi connectivity index (χ4v) is 4.33. The molecule has 134 valence electrons. The largest absolute Gasteiger partial charge is 0.466 e. The molecule has 7 heteroatoms. The molecular weight excluding hydrogens is 355 g/mol. The van der Waals surface area contributed by atoms with Crippen LogP contribution in [0.15, 0.2) is 11.6 Å². The highest BCUT2D eigenvalue weighted by Gasteiger charge is 2.57. The van der Waals surface area contributed by atoms with E-state index in [1.807, 2.05) is 13.0 Å². The molecule has 0 aromatic rings. The van der Waals surface area contributed by atoms with Crippen molar-refractivity contribution in [1.29, 1.82) is 0 Å². The minimum absolute atomic E-state index is 0.0584. The molecule has 2 aliphatic heterocycles. The molecule has 2 saturated heterocycles. The van der Waals surface area contributed by atoms with Crippen molar-refractivity contribution < 1.29 is 23.8 Å². The SMILES string of the molecule is COC(=O)/C1=C/C[C@H]2[C@H](C[C@@]3(C)O[C@H]3CC1)OC(=O)[C@@H]2CC(Cl)Cl. The van der Waals surface area contributed by atoms with Crippen LogP contribution < -0.4 is 0 Å². The Hall–Kier alpha value is -0.780. The fraction of sp³-hybridized carbons (Fsp3) is 0.765. The van der Waals surface area contributed by atoms with Crippen LogP contribution in [0, 0.1) is 11.8 Å². The molecule has 1 aliphatic carbocycles. The van der Waals surface area contributed by atoms with Crippen LogP contribution in [0.2, 0.25) is 0 Å². The van der Waals surface area contributed by atoms with E-state index in [0.29, 0.717) is 31.3 Å². The van der Waals surface area contributed by atoms with Crippen LogP contribution in [-0.2, 0) is 23.8 Å². The molecule has 0 amide bonds. The van der Waals surface area contributed by atoms with Crippen LogP contribution in [0.4, 0.5) is 0 Å². The Morgan fingerprint density at radius 1 is 1.50 bits per heavy atom. The quantitative estimate of drug-likeness (QED) is 0.430. The number of methoxy groups -OCH3 is 1. The predicted molar refractivity (Wildman–Crippen MR) is 88.8 cm³/mol. The molecule has 0 saturated carbocycles. The van der Waals surface area contributed by atoms with Gasteiger partial charge in [0.1, 0.15) is 10.9 Å². The molecular formula is C17H22Cl2O5. The molecule has 0 aromatic heterocycles. The predicted octanol–water partition coefficient (Wildman–Crippen LogP) is 3.17. The summed E-state index contributed by atoms with van der Waals surface area (Å²) in [5, 5.41) is 0. The number of epoxide rings is 1. The molecule has 0 spiro atoms. The highest BCUT2D eigenvalue weighted by atomic mass is 35.5. The number of rotatable bonds is 3. The molecule has 0 radical (unpaired) electrons. The van der Waals surface area contributed by atoms with Crippen molar-refractivity contribution in [1.82, 2.24) is 0 Å². The van der Waals surface area contributed by atoms with Gasteiger partial charge >= 0.3 is 11.9 Å². The van der Waals surface area contributed by atoms with Crippen molar-refractivity contribution in [2.75, 3.05) is 7.11 Å². The van der Waals surface area contributed by atoms with Gasteiger partial charge in [-0.15, -0.1) is 23.2 Å². The lowest BCUT2D eigenvalue weighted by atomic mass is 9.80. The summed E-state index contributed by atoms with van der Waals surface area (Å²) in [5.41, 5.74) is 0.334. The van der Waals surface area contributed by atoms with Crippen LogP contribution in [0.3, 0.4) is 0 Å². The zero-order valence-electron chi connectivity index (χ0n) is 13.8. The second-order valence-corrected chi connectivity index (χ2v) is 8.27. The molecule has 2 heterocycles. The van der Waals surface area contributed by atoms with Gasteiger partial charge in [0.15, 0.2) is 0 Å². The third-order valence-electron chi connectivity index (χ3n) is 5.40. The van der Waals surface area contributed by atoms with Crippen LogP contribution in [0.1, 0.15) is 39.0 Å². The minimum Gasteiger partial charge on any atom is -0.466 e. The molecule has 3 rings (SSSR count). The Morgan fingerprint density at radius 2 is 2.25 bits per heavy atom. The molecule has 0 bridgehead atoms. The average Bonchev–Trinajstić information content (AvgIpc) is 3.08. The number of ether oxygens (including phenoxy) is 3. The van der Waals surface area contributed by atoms with Gasteiger partial charge in [-0.25, -0.2) is 4.79 Å². The summed E-state index contributed by atoms with van der Waals surface area (Å²) in [6.07, 6.45) is 4.67. The van der Waals surface area contributed by atoms with E-state index < -0.39 is 4.84 Å². The Morgan fingerprint density at radius 3 is 2.92 bits per heavy atom. The Labute approximate surface area is 151 Å². The van der Waals surface area contributed by atoms with E-state index in [4.69, 9.17) is 37.4 Å². The maximum Gasteiger partial charge on any atom is 0.333 e. The van der Waals surface area contributed by atoms with Crippen molar-refractivity contribution in [2.24, 2.45) is 11.8 Å². The third-order valence-corrected chi connectivity index (χ3v) is 5.75. The van der Waals surface area contributed by atoms with E-state index in [2.05, 4.69) is 0 Å². The van der Waals surface area contributed by atoms with Gasteiger partial charge in [-0.3, -0.25) is 4.79 Å². The van der Waals surface area contributed by atoms with Gasteiger partial charge in [0.25, 0.3) is 0 Å². The van der Waals surface area contributed by atoms with E-state index in [0.717, 1.165) is 6.42 Å². The number of allylic oxidation sites excluding steroid dienone is 1. The van der Waals surface area contributed by atoms with Gasteiger partial charge in [0.2, 0.25) is 0 Å². The monoisotopic (exact) mass is 376 g/mol. The number of hydrogen-bond donors (Lipinski definition) is 0. The summed E-state index contributed by atoms with van der Waals surface area (Å²) >= 11 is 11.8. The van der Waals surface area contributed by atoms with Crippen LogP contribution in [0.5, 0.6) is 0 Å². The molecule has 5 atom stereocenters. The number of halogens is 2. The molecule has 5 nitrogen and oxygen atoms in total. The van der Waals surface area contributed by atoms with Gasteiger partial charge in [0, 0.05) is 17.9 Å². The summed E-state index contributed by atoms with van der Waals surface area (Å²) in [4.78, 5) is 23.6. The number of hydrogen-bond acceptors (Lipinski definition) is 5. The summed E-state index contributed by atoms with van der Waals surface area (Å²) in [5.74, 6) is -1.00. The molecule has 2 fully saturated rings. The van der Waals surface area contributed by atoms with Gasteiger partial charge in [-0.2, -0.15) is 0 Å². The first-order chi connectivity index (χ1) is 11.3. The zero-order valence-corrected chi connectivity index (χ0v) is 15.3. The number of esters is 2. The maximum absolute atomic E-state index is 12.3. The van der Waals surface area contributed by atoms with Crippen molar-refractivity contribution in [3.05, 3.63) is 11.6 Å². The van der Waals surface area contributed by atoms with Crippen LogP contribution in [-0.4, -0.2) is 41.7 Å². The molecule has 0 N–H and O–H groups in total. The van der Waals surface area contributed by atoms with Gasteiger partial charge < -0.3 is 14.2 Å². The smallest absolute Gasteiger partial charge is 0.333 e. The van der Waals surface area contributed by atoms with Crippen molar-refractivity contribution in [3.8, 4) is 0 Å². The number of carbonyl (C=O) groups is 2. The molecule has 3 aliphatic rings. The van der Waals surface area contributed by atoms with Crippen LogP contribution >= 0.6 is 23.2 Å².